The molecule has 2 amide bonds. The van der Waals surface area contributed by atoms with Crippen LogP contribution in [0.3, 0.4) is 0 Å². The van der Waals surface area contributed by atoms with Crippen molar-refractivity contribution in [1.29, 1.82) is 0 Å². The fraction of sp³-hybridized carbons (Fsp3) is 0.924. The van der Waals surface area contributed by atoms with Crippen molar-refractivity contribution in [3.8, 4) is 0 Å². The number of Topliss-reactive ketones (excluding diaryl/α,β-unsaturated/α-hetero) is 1. The number of methoxy groups -OCH3 is 2. The molecule has 5 N–H and O–H groups in total. The fourth-order valence-corrected chi connectivity index (χ4v) is 12.4. The summed E-state index contributed by atoms with van der Waals surface area (Å²) in [5.41, 5.74) is 0. The predicted octanol–water partition coefficient (Wildman–Crippen LogP) is 14.7. The summed E-state index contributed by atoms with van der Waals surface area (Å²) in [5, 5.41) is 18.1. The maximum absolute atomic E-state index is 14.1. The lowest BCUT2D eigenvalue weighted by atomic mass is 9.95. The average molecular weight is 1280 g/mol. The highest BCUT2D eigenvalue weighted by Gasteiger charge is 2.53. The molecule has 0 aromatic carbocycles. The second-order valence-electron chi connectivity index (χ2n) is 24.4. The molecule has 0 bridgehead atoms. The molecule has 2 aliphatic rings. The number of unbranched alkanes of at least 4 members (excludes halogenated alkanes) is 30. The van der Waals surface area contributed by atoms with Gasteiger partial charge in [-0.1, -0.05) is 220 Å². The highest BCUT2D eigenvalue weighted by Crippen LogP contribution is 2.43. The van der Waals surface area contributed by atoms with Crippen LogP contribution in [0.25, 0.3) is 0 Å². The number of hydrogen-bond donors (Lipinski definition) is 5. The van der Waals surface area contributed by atoms with E-state index in [0.717, 1.165) is 141 Å². The van der Waals surface area contributed by atoms with Crippen LogP contribution in [0.15, 0.2) is 12.2 Å². The van der Waals surface area contributed by atoms with Crippen molar-refractivity contribution in [2.24, 2.45) is 0 Å². The molecule has 0 unspecified atom stereocenters. The van der Waals surface area contributed by atoms with Crippen LogP contribution in [-0.2, 0) is 65.7 Å². The molecular formula is C66H124N2O17P2. The van der Waals surface area contributed by atoms with Crippen LogP contribution in [0, 0.1) is 0 Å². The topological polar surface area (TPSA) is 253 Å². The first-order valence-corrected chi connectivity index (χ1v) is 36.9. The lowest BCUT2D eigenvalue weighted by Crippen LogP contribution is -2.67. The first kappa shape index (κ1) is 81.3. The van der Waals surface area contributed by atoms with Crippen molar-refractivity contribution >= 4 is 34.1 Å². The Bertz CT molecular complexity index is 1780. The Balaban J connectivity index is 2.39. The molecule has 0 aliphatic carbocycles. The highest BCUT2D eigenvalue weighted by atomic mass is 31.2. The molecule has 87 heavy (non-hydrogen) atoms. The zero-order valence-electron chi connectivity index (χ0n) is 55.1. The number of aliphatic hydroxyl groups is 1. The lowest BCUT2D eigenvalue weighted by Gasteiger charge is -2.47. The van der Waals surface area contributed by atoms with E-state index < -0.39 is 96.7 Å². The van der Waals surface area contributed by atoms with Gasteiger partial charge < -0.3 is 58.7 Å². The second kappa shape index (κ2) is 53.7. The average Bonchev–Trinajstić information content (AvgIpc) is 1.58. The molecule has 0 saturated carbocycles. The van der Waals surface area contributed by atoms with Crippen molar-refractivity contribution in [3.63, 3.8) is 0 Å². The Morgan fingerprint density at radius 2 is 1.00 bits per heavy atom. The normalized spacial score (nSPS) is 23.0. The van der Waals surface area contributed by atoms with E-state index in [9.17, 15) is 38.4 Å². The number of ketones is 1. The molecule has 2 fully saturated rings. The molecule has 11 atom stereocenters. The van der Waals surface area contributed by atoms with Gasteiger partial charge in [0.05, 0.1) is 25.7 Å². The molecule has 0 aromatic rings. The van der Waals surface area contributed by atoms with Crippen molar-refractivity contribution in [1.82, 2.24) is 10.6 Å². The Morgan fingerprint density at radius 1 is 0.529 bits per heavy atom. The van der Waals surface area contributed by atoms with Crippen molar-refractivity contribution in [2.75, 3.05) is 40.6 Å². The van der Waals surface area contributed by atoms with Gasteiger partial charge in [0.1, 0.15) is 54.5 Å². The van der Waals surface area contributed by atoms with Gasteiger partial charge in [0.15, 0.2) is 12.6 Å². The number of aliphatic hydroxyl groups excluding tert-OH is 1. The quantitative estimate of drug-likeness (QED) is 0.0164. The lowest BCUT2D eigenvalue weighted by molar-refractivity contribution is -0.299. The molecule has 2 heterocycles. The SMILES string of the molecule is CCCCCC/C=C\CCCCCCCCCC(=O)N[C@H]1[C@H](OC[C@H]2O[C@H](OP=O)[C@H](NC(=O)CC(=O)CCCCCCCCCCC)[C@@H](OCCCCCCCCCC)[C@@H]2O)O[C@H](COC)[C@@H](OP(=O)(O)O)[C@@H]1OCC[C@@H](CCCCCCC)OC. The van der Waals surface area contributed by atoms with Gasteiger partial charge in [0, 0.05) is 40.3 Å². The summed E-state index contributed by atoms with van der Waals surface area (Å²) in [6.07, 6.45) is 32.6. The largest absolute Gasteiger partial charge is 0.470 e. The number of carbonyl (C=O) groups excluding carboxylic acids is 3. The smallest absolute Gasteiger partial charge is 0.388 e. The summed E-state index contributed by atoms with van der Waals surface area (Å²) in [7, 11) is -2.98. The number of hydrogen-bond acceptors (Lipinski definition) is 15. The number of rotatable bonds is 59. The monoisotopic (exact) mass is 1280 g/mol. The van der Waals surface area contributed by atoms with Crippen molar-refractivity contribution in [2.45, 2.75) is 352 Å². The number of nitrogens with one attached hydrogen (secondary N) is 2. The molecular weight excluding hydrogens is 1150 g/mol. The van der Waals surface area contributed by atoms with Gasteiger partial charge in [0.25, 0.3) is 0 Å². The summed E-state index contributed by atoms with van der Waals surface area (Å²) in [6.45, 7) is 8.36. The number of phosphoric acid groups is 1. The summed E-state index contributed by atoms with van der Waals surface area (Å²) in [4.78, 5) is 61.5. The molecule has 19 nitrogen and oxygen atoms in total. The third kappa shape index (κ3) is 39.4. The number of allylic oxidation sites excluding steroid dienone is 2. The summed E-state index contributed by atoms with van der Waals surface area (Å²) in [5.74, 6) is -1.22. The molecule has 0 spiro atoms. The maximum Gasteiger partial charge on any atom is 0.470 e. The zero-order valence-corrected chi connectivity index (χ0v) is 56.9. The van der Waals surface area contributed by atoms with Crippen LogP contribution < -0.4 is 10.6 Å². The Labute approximate surface area is 528 Å². The van der Waals surface area contributed by atoms with Crippen molar-refractivity contribution < 1.29 is 80.6 Å². The minimum Gasteiger partial charge on any atom is -0.388 e. The Kier molecular flexibility index (Phi) is 50.2. The van der Waals surface area contributed by atoms with Gasteiger partial charge in [-0.3, -0.25) is 23.4 Å². The number of ether oxygens (including phenoxy) is 7. The third-order valence-electron chi connectivity index (χ3n) is 16.7. The summed E-state index contributed by atoms with van der Waals surface area (Å²) >= 11 is 0. The van der Waals surface area contributed by atoms with Gasteiger partial charge in [-0.15, -0.1) is 0 Å². The van der Waals surface area contributed by atoms with Gasteiger partial charge >= 0.3 is 16.5 Å². The highest BCUT2D eigenvalue weighted by molar-refractivity contribution is 7.46. The van der Waals surface area contributed by atoms with Crippen LogP contribution in [0.5, 0.6) is 0 Å². The molecule has 0 radical (unpaired) electrons. The van der Waals surface area contributed by atoms with Crippen LogP contribution in [-0.4, -0.2) is 141 Å². The second-order valence-corrected chi connectivity index (χ2v) is 26.0. The number of carbonyl (C=O) groups is 3. The fourth-order valence-electron chi connectivity index (χ4n) is 11.6. The predicted molar refractivity (Wildman–Crippen MR) is 342 cm³/mol. The van der Waals surface area contributed by atoms with Crippen LogP contribution in [0.2, 0.25) is 0 Å². The first-order valence-electron chi connectivity index (χ1n) is 34.6. The van der Waals surface area contributed by atoms with Crippen molar-refractivity contribution in [3.05, 3.63) is 12.2 Å². The van der Waals surface area contributed by atoms with Gasteiger partial charge in [-0.2, -0.15) is 0 Å². The standard InChI is InChI=1S/C66H124N2O17P2/c1-7-11-15-19-22-25-26-27-28-29-30-32-34-38-42-46-57(70)67-60-64(80-49-47-54(78-6)45-41-36-18-14-10-4)62(85-87(74,75)76)56(51-77-5)83-65(60)81-52-55-61(72)63(79-48-43-39-35-24-21-17-13-9-3)59(66(82-55)84-86-73)68-58(71)50-53(69)44-40-37-33-31-23-20-16-12-8-2/h25-26,54-56,59-66,72H,7-24,27-52H2,1-6H3,(H,67,70)(H,68,71)(H2,74,75,76)/b26-25-/t54-,55-,56-,59-,60-,61-,62-,63-,64-,65-,66-/m1/s1. The minimum absolute atomic E-state index is 0.0565. The van der Waals surface area contributed by atoms with Crippen LogP contribution in [0.1, 0.15) is 285 Å². The molecule has 2 aliphatic heterocycles. The minimum atomic E-state index is -5.22. The Morgan fingerprint density at radius 3 is 1.54 bits per heavy atom. The maximum atomic E-state index is 14.1. The molecule has 0 aromatic heterocycles. The van der Waals surface area contributed by atoms with E-state index in [1.807, 2.05) is 0 Å². The number of phosphoric ester groups is 1. The zero-order chi connectivity index (χ0) is 63.6. The van der Waals surface area contributed by atoms with E-state index >= 15 is 0 Å². The summed E-state index contributed by atoms with van der Waals surface area (Å²) < 4.78 is 79.6. The van der Waals surface area contributed by atoms with E-state index in [1.54, 1.807) is 7.11 Å². The van der Waals surface area contributed by atoms with Crippen LogP contribution in [0.4, 0.5) is 0 Å². The van der Waals surface area contributed by atoms with E-state index in [1.165, 1.54) is 77.7 Å². The Hall–Kier alpha value is -1.80. The van der Waals surface area contributed by atoms with Crippen LogP contribution >= 0.6 is 16.5 Å². The first-order chi connectivity index (χ1) is 42.3. The van der Waals surface area contributed by atoms with Gasteiger partial charge in [-0.05, 0) is 57.8 Å². The number of amides is 2. The molecule has 510 valence electrons. The van der Waals surface area contributed by atoms with E-state index in [0.29, 0.717) is 25.7 Å². The van der Waals surface area contributed by atoms with E-state index in [4.69, 9.17) is 42.2 Å². The molecule has 2 rings (SSSR count). The molecule has 21 heteroatoms. The van der Waals surface area contributed by atoms with E-state index in [-0.39, 0.29) is 50.5 Å². The molecule has 2 saturated heterocycles. The summed E-state index contributed by atoms with van der Waals surface area (Å²) in [6, 6.07) is -2.43. The van der Waals surface area contributed by atoms with Gasteiger partial charge in [0.2, 0.25) is 11.8 Å². The van der Waals surface area contributed by atoms with Gasteiger partial charge in [-0.25, -0.2) is 9.13 Å². The van der Waals surface area contributed by atoms with E-state index in [2.05, 4.69) is 50.5 Å². The third-order valence-corrected chi connectivity index (χ3v) is 17.6.